The number of likely N-dealkylation sites (N-methyl/N-ethyl adjacent to an activating group) is 2. The number of fused-ring (bicyclic) bond motifs is 1. The van der Waals surface area contributed by atoms with Crippen LogP contribution in [0.15, 0.2) is 36.8 Å². The Hall–Kier alpha value is -2.84. The molecule has 0 bridgehead atoms. The van der Waals surface area contributed by atoms with Gasteiger partial charge in [-0.1, -0.05) is 39.8 Å². The van der Waals surface area contributed by atoms with E-state index in [4.69, 9.17) is 0 Å². The number of nitrogens with zero attached hydrogens (tertiary/aromatic N) is 7. The molecule has 0 unspecified atom stereocenters. The van der Waals surface area contributed by atoms with Gasteiger partial charge in [-0.3, -0.25) is 4.79 Å². The van der Waals surface area contributed by atoms with Gasteiger partial charge in [-0.05, 0) is 38.3 Å². The smallest absolute Gasteiger partial charge is 0.230 e. The minimum atomic E-state index is -0.114. The molecular weight excluding hydrogens is 414 g/mol. The maximum atomic E-state index is 12.5. The van der Waals surface area contributed by atoms with E-state index < -0.39 is 0 Å². The molecule has 0 saturated carbocycles. The van der Waals surface area contributed by atoms with Crippen molar-refractivity contribution < 1.29 is 4.79 Å². The number of hydrogen-bond donors (Lipinski definition) is 0. The summed E-state index contributed by atoms with van der Waals surface area (Å²) in [6.45, 7) is 18.5. The van der Waals surface area contributed by atoms with Crippen LogP contribution in [0.5, 0.6) is 0 Å². The predicted octanol–water partition coefficient (Wildman–Crippen LogP) is 3.64. The molecule has 0 aliphatic rings. The number of imidazole rings is 1. The predicted molar refractivity (Wildman–Crippen MR) is 135 cm³/mol. The Balaban J connectivity index is 1.95. The lowest BCUT2D eigenvalue weighted by molar-refractivity contribution is 0.0942. The molecule has 3 rings (SSSR count). The Kier molecular flexibility index (Phi) is 8.91. The Morgan fingerprint density at radius 2 is 1.58 bits per heavy atom. The fourth-order valence-corrected chi connectivity index (χ4v) is 4.14. The molecule has 0 fully saturated rings. The summed E-state index contributed by atoms with van der Waals surface area (Å²) in [5, 5.41) is 0. The first-order chi connectivity index (χ1) is 16.0. The molecule has 1 aromatic carbocycles. The average Bonchev–Trinajstić information content (AvgIpc) is 3.24. The van der Waals surface area contributed by atoms with E-state index >= 15 is 0 Å². The van der Waals surface area contributed by atoms with Gasteiger partial charge < -0.3 is 14.7 Å². The van der Waals surface area contributed by atoms with Gasteiger partial charge in [0, 0.05) is 44.4 Å². The second-order valence-electron chi connectivity index (χ2n) is 8.11. The van der Waals surface area contributed by atoms with E-state index in [1.807, 2.05) is 12.1 Å². The van der Waals surface area contributed by atoms with Gasteiger partial charge in [-0.15, -0.1) is 0 Å². The van der Waals surface area contributed by atoms with Gasteiger partial charge >= 0.3 is 0 Å². The molecular formula is C25H37N7O. The fourth-order valence-electron chi connectivity index (χ4n) is 4.14. The van der Waals surface area contributed by atoms with Crippen LogP contribution in [0.3, 0.4) is 0 Å². The number of rotatable bonds is 12. The maximum Gasteiger partial charge on any atom is 0.230 e. The summed E-state index contributed by atoms with van der Waals surface area (Å²) < 4.78 is 1.58. The zero-order valence-corrected chi connectivity index (χ0v) is 20.7. The van der Waals surface area contributed by atoms with Crippen LogP contribution in [-0.2, 0) is 0 Å². The summed E-state index contributed by atoms with van der Waals surface area (Å²) in [5.74, 6) is 0.490. The molecule has 33 heavy (non-hydrogen) atoms. The molecule has 0 atom stereocenters. The summed E-state index contributed by atoms with van der Waals surface area (Å²) >= 11 is 0. The second kappa shape index (κ2) is 11.9. The zero-order chi connectivity index (χ0) is 23.8. The van der Waals surface area contributed by atoms with Crippen LogP contribution in [-0.4, -0.2) is 87.6 Å². The minimum absolute atomic E-state index is 0.114. The molecule has 2 aromatic heterocycles. The van der Waals surface area contributed by atoms with Crippen LogP contribution in [0.2, 0.25) is 0 Å². The van der Waals surface area contributed by atoms with Gasteiger partial charge in [-0.25, -0.2) is 19.5 Å². The third kappa shape index (κ3) is 5.94. The molecule has 0 spiro atoms. The molecule has 0 N–H and O–H groups in total. The maximum absolute atomic E-state index is 12.5. The van der Waals surface area contributed by atoms with E-state index in [0.29, 0.717) is 17.0 Å². The summed E-state index contributed by atoms with van der Waals surface area (Å²) in [4.78, 5) is 32.8. The number of aromatic nitrogens is 4. The first kappa shape index (κ1) is 24.8. The van der Waals surface area contributed by atoms with Crippen LogP contribution in [0.1, 0.15) is 39.4 Å². The number of carbonyl (C=O) groups excluding carboxylic acids is 1. The van der Waals surface area contributed by atoms with E-state index in [1.54, 1.807) is 10.8 Å². The van der Waals surface area contributed by atoms with Crippen LogP contribution >= 0.6 is 0 Å². The van der Waals surface area contributed by atoms with Gasteiger partial charge in [0.1, 0.15) is 17.7 Å². The van der Waals surface area contributed by atoms with Crippen molar-refractivity contribution in [3.05, 3.63) is 36.8 Å². The lowest BCUT2D eigenvalue weighted by Crippen LogP contribution is -2.40. The molecule has 0 saturated heterocycles. The molecule has 0 aliphatic carbocycles. The normalized spacial score (nSPS) is 11.6. The van der Waals surface area contributed by atoms with Crippen LogP contribution < -0.4 is 4.90 Å². The highest BCUT2D eigenvalue weighted by Gasteiger charge is 2.18. The lowest BCUT2D eigenvalue weighted by Gasteiger charge is -2.30. The SMILES string of the molecule is CCN(CC)CCN(CCN(CC)CC)c1cccc(-c2nc3cncnc3n2C(C)=O)c1. The summed E-state index contributed by atoms with van der Waals surface area (Å²) in [6, 6.07) is 8.33. The highest BCUT2D eigenvalue weighted by Crippen LogP contribution is 2.27. The highest BCUT2D eigenvalue weighted by molar-refractivity contribution is 5.92. The number of anilines is 1. The number of carbonyl (C=O) groups is 1. The van der Waals surface area contributed by atoms with Crippen molar-refractivity contribution in [3.63, 3.8) is 0 Å². The molecule has 8 nitrogen and oxygen atoms in total. The Morgan fingerprint density at radius 1 is 0.939 bits per heavy atom. The van der Waals surface area contributed by atoms with Crippen molar-refractivity contribution in [2.75, 3.05) is 57.3 Å². The first-order valence-corrected chi connectivity index (χ1v) is 12.0. The summed E-state index contributed by atoms with van der Waals surface area (Å²) in [6.07, 6.45) is 3.10. The third-order valence-corrected chi connectivity index (χ3v) is 6.27. The van der Waals surface area contributed by atoms with Gasteiger partial charge in [0.25, 0.3) is 0 Å². The molecule has 0 radical (unpaired) electrons. The molecule has 0 amide bonds. The topological polar surface area (TPSA) is 70.4 Å². The lowest BCUT2D eigenvalue weighted by atomic mass is 10.1. The van der Waals surface area contributed by atoms with Crippen molar-refractivity contribution >= 4 is 22.8 Å². The summed E-state index contributed by atoms with van der Waals surface area (Å²) in [7, 11) is 0. The second-order valence-corrected chi connectivity index (χ2v) is 8.11. The van der Waals surface area contributed by atoms with E-state index in [9.17, 15) is 4.79 Å². The van der Waals surface area contributed by atoms with Crippen LogP contribution in [0.25, 0.3) is 22.6 Å². The zero-order valence-electron chi connectivity index (χ0n) is 20.7. The van der Waals surface area contributed by atoms with Crippen molar-refractivity contribution in [3.8, 4) is 11.4 Å². The third-order valence-electron chi connectivity index (χ3n) is 6.27. The largest absolute Gasteiger partial charge is 0.369 e. The summed E-state index contributed by atoms with van der Waals surface area (Å²) in [5.41, 5.74) is 3.20. The molecule has 0 aliphatic heterocycles. The highest BCUT2D eigenvalue weighted by atomic mass is 16.1. The monoisotopic (exact) mass is 451 g/mol. The molecule has 8 heteroatoms. The first-order valence-electron chi connectivity index (χ1n) is 12.0. The van der Waals surface area contributed by atoms with E-state index in [0.717, 1.165) is 63.6 Å². The van der Waals surface area contributed by atoms with Crippen molar-refractivity contribution in [2.24, 2.45) is 0 Å². The Bertz CT molecular complexity index is 1020. The Labute approximate surface area is 197 Å². The van der Waals surface area contributed by atoms with Crippen molar-refractivity contribution in [1.82, 2.24) is 29.3 Å². The standard InChI is InChI=1S/C25H37N7O/c1-6-29(7-2)13-15-31(16-14-30(8-3)9-4)22-12-10-11-21(17-22)24-28-23-18-26-19-27-25(23)32(24)20(5)33/h10-12,17-19H,6-9,13-16H2,1-5H3. The number of benzene rings is 1. The van der Waals surface area contributed by atoms with E-state index in [2.05, 4.69) is 69.5 Å². The van der Waals surface area contributed by atoms with Crippen LogP contribution in [0, 0.1) is 0 Å². The molecule has 3 aromatic rings. The molecule has 2 heterocycles. The van der Waals surface area contributed by atoms with Crippen LogP contribution in [0.4, 0.5) is 5.69 Å². The Morgan fingerprint density at radius 3 is 2.15 bits per heavy atom. The van der Waals surface area contributed by atoms with Gasteiger partial charge in [0.05, 0.1) is 6.20 Å². The van der Waals surface area contributed by atoms with Gasteiger partial charge in [0.2, 0.25) is 5.91 Å². The molecule has 178 valence electrons. The number of hydrogen-bond acceptors (Lipinski definition) is 7. The van der Waals surface area contributed by atoms with Gasteiger partial charge in [-0.2, -0.15) is 0 Å². The fraction of sp³-hybridized carbons (Fsp3) is 0.520. The average molecular weight is 452 g/mol. The van der Waals surface area contributed by atoms with E-state index in [1.165, 1.54) is 13.3 Å². The minimum Gasteiger partial charge on any atom is -0.369 e. The van der Waals surface area contributed by atoms with E-state index in [-0.39, 0.29) is 5.91 Å². The van der Waals surface area contributed by atoms with Crippen molar-refractivity contribution in [2.45, 2.75) is 34.6 Å². The van der Waals surface area contributed by atoms with Gasteiger partial charge in [0.15, 0.2) is 5.65 Å². The quantitative estimate of drug-likeness (QED) is 0.416. The van der Waals surface area contributed by atoms with Crippen molar-refractivity contribution in [1.29, 1.82) is 0 Å².